The number of hydrogen-bond acceptors (Lipinski definition) is 2. The Kier molecular flexibility index (Phi) is 3.84. The molecule has 1 aromatic rings. The fraction of sp³-hybridized carbons (Fsp3) is 0.600. The van der Waals surface area contributed by atoms with Gasteiger partial charge >= 0.3 is 0 Å². The van der Waals surface area contributed by atoms with Gasteiger partial charge in [0.15, 0.2) is 0 Å². The molecule has 17 heavy (non-hydrogen) atoms. The number of nitrogens with two attached hydrogens (primary N) is 1. The second-order valence-corrected chi connectivity index (χ2v) is 7.19. The highest BCUT2D eigenvalue weighted by atomic mass is 32.2. The van der Waals surface area contributed by atoms with Gasteiger partial charge in [-0.2, -0.15) is 0 Å². The molecule has 0 aromatic heterocycles. The Hall–Kier alpha value is -0.470. The van der Waals surface area contributed by atoms with Crippen molar-refractivity contribution in [3.8, 4) is 0 Å². The number of aryl methyl sites for hydroxylation is 1. The molecule has 2 heteroatoms. The van der Waals surface area contributed by atoms with Crippen molar-refractivity contribution < 1.29 is 0 Å². The maximum Gasteiger partial charge on any atom is 0.0251 e. The zero-order chi connectivity index (χ0) is 12.5. The molecule has 0 amide bonds. The lowest BCUT2D eigenvalue weighted by Crippen LogP contribution is -2.48. The summed E-state index contributed by atoms with van der Waals surface area (Å²) < 4.78 is 0. The van der Waals surface area contributed by atoms with Gasteiger partial charge in [0, 0.05) is 16.2 Å². The van der Waals surface area contributed by atoms with Gasteiger partial charge in [-0.15, -0.1) is 11.8 Å². The molecule has 1 saturated carbocycles. The molecule has 0 radical (unpaired) electrons. The zero-order valence-corrected chi connectivity index (χ0v) is 11.9. The van der Waals surface area contributed by atoms with Crippen LogP contribution in [0.25, 0.3) is 0 Å². The van der Waals surface area contributed by atoms with Crippen molar-refractivity contribution in [2.45, 2.75) is 56.2 Å². The lowest BCUT2D eigenvalue weighted by molar-refractivity contribution is 0.208. The molecule has 2 N–H and O–H groups in total. The number of rotatable bonds is 2. The lowest BCUT2D eigenvalue weighted by Gasteiger charge is -2.41. The first-order valence-electron chi connectivity index (χ1n) is 6.48. The summed E-state index contributed by atoms with van der Waals surface area (Å²) in [5.74, 6) is 0. The Labute approximate surface area is 109 Å². The summed E-state index contributed by atoms with van der Waals surface area (Å²) in [6.07, 6.45) is 3.83. The average molecular weight is 249 g/mol. The molecule has 94 valence electrons. The minimum atomic E-state index is 0.291. The van der Waals surface area contributed by atoms with Gasteiger partial charge in [-0.25, -0.2) is 0 Å². The van der Waals surface area contributed by atoms with Crippen LogP contribution in [0.5, 0.6) is 0 Å². The van der Waals surface area contributed by atoms with Crippen LogP contribution in [0.2, 0.25) is 0 Å². The molecule has 1 fully saturated rings. The Morgan fingerprint density at radius 1 is 1.35 bits per heavy atom. The molecular weight excluding hydrogens is 226 g/mol. The van der Waals surface area contributed by atoms with E-state index in [0.717, 1.165) is 0 Å². The van der Waals surface area contributed by atoms with Gasteiger partial charge in [-0.05, 0) is 37.3 Å². The topological polar surface area (TPSA) is 26.0 Å². The second kappa shape index (κ2) is 5.03. The molecule has 2 atom stereocenters. The number of thioether (sulfide) groups is 1. The lowest BCUT2D eigenvalue weighted by atomic mass is 9.73. The predicted octanol–water partition coefficient (Wildman–Crippen LogP) is 3.99. The highest BCUT2D eigenvalue weighted by Crippen LogP contribution is 2.41. The van der Waals surface area contributed by atoms with Gasteiger partial charge in [0.1, 0.15) is 0 Å². The fourth-order valence-corrected chi connectivity index (χ4v) is 4.16. The van der Waals surface area contributed by atoms with E-state index in [0.29, 0.717) is 16.7 Å². The average Bonchev–Trinajstić information content (AvgIpc) is 2.25. The first-order chi connectivity index (χ1) is 7.99. The molecular formula is C15H23NS. The van der Waals surface area contributed by atoms with Crippen molar-refractivity contribution in [2.24, 2.45) is 11.1 Å². The van der Waals surface area contributed by atoms with Crippen molar-refractivity contribution in [1.82, 2.24) is 0 Å². The van der Waals surface area contributed by atoms with Crippen molar-refractivity contribution in [1.29, 1.82) is 0 Å². The Morgan fingerprint density at radius 2 is 2.12 bits per heavy atom. The summed E-state index contributed by atoms with van der Waals surface area (Å²) in [5.41, 5.74) is 8.05. The van der Waals surface area contributed by atoms with Crippen LogP contribution in [0.4, 0.5) is 0 Å². The smallest absolute Gasteiger partial charge is 0.0251 e. The summed E-state index contributed by atoms with van der Waals surface area (Å²) >= 11 is 1.96. The summed E-state index contributed by atoms with van der Waals surface area (Å²) in [7, 11) is 0. The van der Waals surface area contributed by atoms with E-state index < -0.39 is 0 Å². The van der Waals surface area contributed by atoms with E-state index >= 15 is 0 Å². The number of benzene rings is 1. The largest absolute Gasteiger partial charge is 0.326 e. The Bertz CT molecular complexity index is 386. The van der Waals surface area contributed by atoms with Crippen LogP contribution in [-0.4, -0.2) is 11.3 Å². The quantitative estimate of drug-likeness (QED) is 0.857. The third-order valence-corrected chi connectivity index (χ3v) is 5.25. The fourth-order valence-electron chi connectivity index (χ4n) is 2.60. The molecule has 0 aliphatic heterocycles. The van der Waals surface area contributed by atoms with E-state index in [4.69, 9.17) is 5.73 Å². The standard InChI is InChI=1S/C15H23NS/c1-11-6-4-7-12(10-11)17-13-8-5-9-15(2,3)14(13)16/h4,6-7,10,13-14H,5,8-9,16H2,1-3H3. The van der Waals surface area contributed by atoms with Crippen LogP contribution >= 0.6 is 11.8 Å². The summed E-state index contributed by atoms with van der Waals surface area (Å²) in [4.78, 5) is 1.36. The molecule has 2 rings (SSSR count). The molecule has 0 saturated heterocycles. The van der Waals surface area contributed by atoms with Crippen molar-refractivity contribution in [3.05, 3.63) is 29.8 Å². The summed E-state index contributed by atoms with van der Waals surface area (Å²) in [5, 5.41) is 0.570. The van der Waals surface area contributed by atoms with Gasteiger partial charge in [0.05, 0.1) is 0 Å². The third-order valence-electron chi connectivity index (χ3n) is 3.89. The molecule has 1 aromatic carbocycles. The highest BCUT2D eigenvalue weighted by molar-refractivity contribution is 8.00. The summed E-state index contributed by atoms with van der Waals surface area (Å²) in [6, 6.07) is 9.05. The third kappa shape index (κ3) is 3.05. The van der Waals surface area contributed by atoms with Gasteiger partial charge < -0.3 is 5.73 Å². The van der Waals surface area contributed by atoms with Gasteiger partial charge in [-0.3, -0.25) is 0 Å². The van der Waals surface area contributed by atoms with E-state index in [2.05, 4.69) is 45.0 Å². The van der Waals surface area contributed by atoms with Crippen molar-refractivity contribution in [3.63, 3.8) is 0 Å². The number of hydrogen-bond donors (Lipinski definition) is 1. The van der Waals surface area contributed by atoms with Gasteiger partial charge in [-0.1, -0.05) is 38.0 Å². The molecule has 1 aliphatic rings. The predicted molar refractivity (Wildman–Crippen MR) is 76.4 cm³/mol. The van der Waals surface area contributed by atoms with E-state index in [9.17, 15) is 0 Å². The Morgan fingerprint density at radius 3 is 2.82 bits per heavy atom. The second-order valence-electron chi connectivity index (χ2n) is 5.88. The minimum Gasteiger partial charge on any atom is -0.326 e. The molecule has 1 aliphatic carbocycles. The normalized spacial score (nSPS) is 28.0. The minimum absolute atomic E-state index is 0.291. The maximum absolute atomic E-state index is 6.42. The maximum atomic E-state index is 6.42. The molecule has 0 heterocycles. The van der Waals surface area contributed by atoms with Crippen LogP contribution in [0.1, 0.15) is 38.7 Å². The van der Waals surface area contributed by atoms with Crippen LogP contribution in [0, 0.1) is 12.3 Å². The highest BCUT2D eigenvalue weighted by Gasteiger charge is 2.36. The van der Waals surface area contributed by atoms with Crippen LogP contribution in [0.3, 0.4) is 0 Å². The van der Waals surface area contributed by atoms with Gasteiger partial charge in [0.2, 0.25) is 0 Å². The van der Waals surface area contributed by atoms with Crippen LogP contribution in [-0.2, 0) is 0 Å². The van der Waals surface area contributed by atoms with Crippen LogP contribution < -0.4 is 5.73 Å². The molecule has 0 spiro atoms. The van der Waals surface area contributed by atoms with E-state index in [-0.39, 0.29) is 0 Å². The first-order valence-corrected chi connectivity index (χ1v) is 7.36. The van der Waals surface area contributed by atoms with Crippen LogP contribution in [0.15, 0.2) is 29.2 Å². The van der Waals surface area contributed by atoms with Gasteiger partial charge in [0.25, 0.3) is 0 Å². The van der Waals surface area contributed by atoms with E-state index in [1.807, 2.05) is 11.8 Å². The van der Waals surface area contributed by atoms with Crippen molar-refractivity contribution in [2.75, 3.05) is 0 Å². The first kappa shape index (κ1) is 13.0. The molecule has 1 nitrogen and oxygen atoms in total. The molecule has 0 bridgehead atoms. The monoisotopic (exact) mass is 249 g/mol. The van der Waals surface area contributed by atoms with E-state index in [1.54, 1.807) is 0 Å². The molecule has 2 unspecified atom stereocenters. The Balaban J connectivity index is 2.08. The van der Waals surface area contributed by atoms with Crippen molar-refractivity contribution >= 4 is 11.8 Å². The van der Waals surface area contributed by atoms with E-state index in [1.165, 1.54) is 29.7 Å². The zero-order valence-electron chi connectivity index (χ0n) is 11.1. The summed E-state index contributed by atoms with van der Waals surface area (Å²) in [6.45, 7) is 6.76. The SMILES string of the molecule is Cc1cccc(SC2CCCC(C)(C)C2N)c1.